The number of amides is 3. The topological polar surface area (TPSA) is 87.5 Å². The largest absolute Gasteiger partial charge is 0.352 e. The smallest absolute Gasteiger partial charge is 0.254 e. The van der Waals surface area contributed by atoms with Crippen molar-refractivity contribution in [3.05, 3.63) is 18.0 Å². The first-order valence-corrected chi connectivity index (χ1v) is 11.0. The summed E-state index contributed by atoms with van der Waals surface area (Å²) in [5.74, 6) is 0.488. The summed E-state index contributed by atoms with van der Waals surface area (Å²) >= 11 is 0. The SMILES string of the molecule is Cn1cc(C(=O)NCC2CCN(C(=O)C3CCCN(C(=O)C(C)(C)C)C3)CC2)cn1. The second-order valence-electron chi connectivity index (χ2n) is 9.72. The Labute approximate surface area is 179 Å². The molecule has 1 unspecified atom stereocenters. The number of likely N-dealkylation sites (tertiary alicyclic amines) is 2. The minimum atomic E-state index is -0.413. The third kappa shape index (κ3) is 5.40. The van der Waals surface area contributed by atoms with Crippen LogP contribution in [0.5, 0.6) is 0 Å². The van der Waals surface area contributed by atoms with Gasteiger partial charge in [0.1, 0.15) is 0 Å². The zero-order valence-electron chi connectivity index (χ0n) is 18.7. The van der Waals surface area contributed by atoms with E-state index in [4.69, 9.17) is 0 Å². The summed E-state index contributed by atoms with van der Waals surface area (Å²) < 4.78 is 1.61. The Morgan fingerprint density at radius 1 is 1.10 bits per heavy atom. The fourth-order valence-electron chi connectivity index (χ4n) is 4.33. The van der Waals surface area contributed by atoms with Crippen molar-refractivity contribution in [2.24, 2.45) is 24.3 Å². The summed E-state index contributed by atoms with van der Waals surface area (Å²) in [6.45, 7) is 9.13. The maximum atomic E-state index is 13.0. The highest BCUT2D eigenvalue weighted by Gasteiger charge is 2.35. The Balaban J connectivity index is 1.44. The van der Waals surface area contributed by atoms with E-state index in [0.717, 1.165) is 45.3 Å². The molecule has 0 radical (unpaired) electrons. The van der Waals surface area contributed by atoms with Gasteiger partial charge >= 0.3 is 0 Å². The van der Waals surface area contributed by atoms with Gasteiger partial charge in [0.05, 0.1) is 17.7 Å². The van der Waals surface area contributed by atoms with Crippen LogP contribution in [0.15, 0.2) is 12.4 Å². The molecule has 2 aliphatic rings. The minimum Gasteiger partial charge on any atom is -0.352 e. The second kappa shape index (κ2) is 9.18. The van der Waals surface area contributed by atoms with Gasteiger partial charge in [-0.3, -0.25) is 19.1 Å². The van der Waals surface area contributed by atoms with Gasteiger partial charge in [-0.1, -0.05) is 20.8 Å². The zero-order chi connectivity index (χ0) is 21.9. The predicted octanol–water partition coefficient (Wildman–Crippen LogP) is 1.67. The molecule has 0 aliphatic carbocycles. The molecule has 166 valence electrons. The molecule has 30 heavy (non-hydrogen) atoms. The summed E-state index contributed by atoms with van der Waals surface area (Å²) in [5, 5.41) is 7.00. The van der Waals surface area contributed by atoms with Gasteiger partial charge in [0.2, 0.25) is 11.8 Å². The van der Waals surface area contributed by atoms with Crippen LogP contribution in [0.25, 0.3) is 0 Å². The maximum Gasteiger partial charge on any atom is 0.254 e. The van der Waals surface area contributed by atoms with E-state index < -0.39 is 5.41 Å². The number of rotatable bonds is 4. The van der Waals surface area contributed by atoms with Gasteiger partial charge < -0.3 is 15.1 Å². The van der Waals surface area contributed by atoms with E-state index in [1.165, 1.54) is 0 Å². The minimum absolute atomic E-state index is 0.0908. The lowest BCUT2D eigenvalue weighted by atomic mass is 9.89. The molecule has 3 rings (SSSR count). The van der Waals surface area contributed by atoms with Crippen LogP contribution in [0, 0.1) is 17.3 Å². The molecule has 3 amide bonds. The summed E-state index contributed by atoms with van der Waals surface area (Å²) in [6, 6.07) is 0. The Kier molecular flexibility index (Phi) is 6.83. The number of aromatic nitrogens is 2. The van der Waals surface area contributed by atoms with Crippen molar-refractivity contribution in [2.45, 2.75) is 46.5 Å². The lowest BCUT2D eigenvalue weighted by Gasteiger charge is -2.39. The first kappa shape index (κ1) is 22.3. The van der Waals surface area contributed by atoms with Crippen LogP contribution in [0.1, 0.15) is 56.8 Å². The molecule has 1 N–H and O–H groups in total. The molecular weight excluding hydrogens is 382 g/mol. The monoisotopic (exact) mass is 417 g/mol. The molecular formula is C22H35N5O3. The average molecular weight is 418 g/mol. The third-order valence-electron chi connectivity index (χ3n) is 6.14. The quantitative estimate of drug-likeness (QED) is 0.807. The number of carbonyl (C=O) groups is 3. The molecule has 0 spiro atoms. The van der Waals surface area contributed by atoms with Crippen molar-refractivity contribution in [3.63, 3.8) is 0 Å². The lowest BCUT2D eigenvalue weighted by molar-refractivity contribution is -0.145. The molecule has 1 aromatic rings. The van der Waals surface area contributed by atoms with Gasteiger partial charge in [0.15, 0.2) is 0 Å². The van der Waals surface area contributed by atoms with Crippen LogP contribution in [0.3, 0.4) is 0 Å². The first-order valence-electron chi connectivity index (χ1n) is 11.0. The highest BCUT2D eigenvalue weighted by atomic mass is 16.2. The summed E-state index contributed by atoms with van der Waals surface area (Å²) in [7, 11) is 1.79. The number of nitrogens with one attached hydrogen (secondary N) is 1. The van der Waals surface area contributed by atoms with Gasteiger partial charge in [-0.05, 0) is 31.6 Å². The van der Waals surface area contributed by atoms with E-state index in [0.29, 0.717) is 24.6 Å². The van der Waals surface area contributed by atoms with E-state index in [1.807, 2.05) is 30.6 Å². The maximum absolute atomic E-state index is 13.0. The van der Waals surface area contributed by atoms with Gasteiger partial charge in [0.25, 0.3) is 5.91 Å². The summed E-state index contributed by atoms with van der Waals surface area (Å²) in [6.07, 6.45) is 6.78. The summed E-state index contributed by atoms with van der Waals surface area (Å²) in [4.78, 5) is 41.6. The summed E-state index contributed by atoms with van der Waals surface area (Å²) in [5.41, 5.74) is 0.153. The standard InChI is InChI=1S/C22H35N5O3/c1-22(2,3)21(30)27-9-5-6-17(15-27)20(29)26-10-7-16(8-11-26)12-23-19(28)18-13-24-25(4)14-18/h13-14,16-17H,5-12,15H2,1-4H3,(H,23,28). The molecule has 8 heteroatoms. The molecule has 2 saturated heterocycles. The highest BCUT2D eigenvalue weighted by molar-refractivity contribution is 5.93. The lowest BCUT2D eigenvalue weighted by Crippen LogP contribution is -2.51. The molecule has 1 aromatic heterocycles. The highest BCUT2D eigenvalue weighted by Crippen LogP contribution is 2.26. The van der Waals surface area contributed by atoms with E-state index >= 15 is 0 Å². The molecule has 2 fully saturated rings. The van der Waals surface area contributed by atoms with Crippen molar-refractivity contribution in [1.29, 1.82) is 0 Å². The van der Waals surface area contributed by atoms with Crippen molar-refractivity contribution < 1.29 is 14.4 Å². The van der Waals surface area contributed by atoms with Gasteiger partial charge in [-0.15, -0.1) is 0 Å². The van der Waals surface area contributed by atoms with Crippen LogP contribution < -0.4 is 5.32 Å². The molecule has 0 bridgehead atoms. The number of aryl methyl sites for hydroxylation is 1. The van der Waals surface area contributed by atoms with Crippen molar-refractivity contribution in [3.8, 4) is 0 Å². The number of piperidine rings is 2. The Morgan fingerprint density at radius 3 is 2.40 bits per heavy atom. The van der Waals surface area contributed by atoms with E-state index in [9.17, 15) is 14.4 Å². The predicted molar refractivity (Wildman–Crippen MR) is 114 cm³/mol. The Bertz CT molecular complexity index is 774. The van der Waals surface area contributed by atoms with E-state index in [1.54, 1.807) is 24.1 Å². The third-order valence-corrected chi connectivity index (χ3v) is 6.14. The number of hydrogen-bond acceptors (Lipinski definition) is 4. The number of hydrogen-bond donors (Lipinski definition) is 1. The van der Waals surface area contributed by atoms with Crippen LogP contribution in [-0.2, 0) is 16.6 Å². The number of nitrogens with zero attached hydrogens (tertiary/aromatic N) is 4. The molecule has 8 nitrogen and oxygen atoms in total. The van der Waals surface area contributed by atoms with Crippen LogP contribution in [0.2, 0.25) is 0 Å². The first-order chi connectivity index (χ1) is 14.1. The van der Waals surface area contributed by atoms with Crippen LogP contribution >= 0.6 is 0 Å². The fourth-order valence-corrected chi connectivity index (χ4v) is 4.33. The van der Waals surface area contributed by atoms with E-state index in [-0.39, 0.29) is 23.6 Å². The van der Waals surface area contributed by atoms with Gasteiger partial charge in [-0.2, -0.15) is 5.10 Å². The van der Waals surface area contributed by atoms with Crippen molar-refractivity contribution >= 4 is 17.7 Å². The average Bonchev–Trinajstić information content (AvgIpc) is 3.17. The Hall–Kier alpha value is -2.38. The zero-order valence-corrected chi connectivity index (χ0v) is 18.7. The van der Waals surface area contributed by atoms with E-state index in [2.05, 4.69) is 10.4 Å². The van der Waals surface area contributed by atoms with Crippen molar-refractivity contribution in [2.75, 3.05) is 32.7 Å². The van der Waals surface area contributed by atoms with Crippen molar-refractivity contribution in [1.82, 2.24) is 24.9 Å². The molecule has 2 aliphatic heterocycles. The molecule has 0 saturated carbocycles. The van der Waals surface area contributed by atoms with Crippen LogP contribution in [-0.4, -0.2) is 70.0 Å². The normalized spacial score (nSPS) is 20.9. The molecule has 0 aromatic carbocycles. The molecule has 3 heterocycles. The Morgan fingerprint density at radius 2 is 1.80 bits per heavy atom. The van der Waals surface area contributed by atoms with Crippen LogP contribution in [0.4, 0.5) is 0 Å². The van der Waals surface area contributed by atoms with Gasteiger partial charge in [-0.25, -0.2) is 0 Å². The number of carbonyl (C=O) groups excluding carboxylic acids is 3. The van der Waals surface area contributed by atoms with Gasteiger partial charge in [0, 0.05) is 51.4 Å². The fraction of sp³-hybridized carbons (Fsp3) is 0.727. The second-order valence-corrected chi connectivity index (χ2v) is 9.72. The molecule has 1 atom stereocenters.